The second-order valence-electron chi connectivity index (χ2n) is 4.19. The van der Waals surface area contributed by atoms with E-state index in [-0.39, 0.29) is 11.7 Å². The van der Waals surface area contributed by atoms with Gasteiger partial charge in [0.2, 0.25) is 11.1 Å². The Kier molecular flexibility index (Phi) is 4.47. The number of halogens is 2. The molecule has 0 unspecified atom stereocenters. The van der Waals surface area contributed by atoms with Crippen LogP contribution in [0, 0.1) is 0 Å². The molecule has 0 bridgehead atoms. The average molecular weight is 354 g/mol. The molecule has 3 rings (SSSR count). The highest BCUT2D eigenvalue weighted by atomic mass is 35.5. The molecule has 0 saturated heterocycles. The lowest BCUT2D eigenvalue weighted by Gasteiger charge is -2.08. The van der Waals surface area contributed by atoms with Gasteiger partial charge in [-0.2, -0.15) is 4.98 Å². The van der Waals surface area contributed by atoms with Crippen LogP contribution in [-0.2, 0) is 4.79 Å². The van der Waals surface area contributed by atoms with Gasteiger partial charge in [-0.05, 0) is 18.2 Å². The van der Waals surface area contributed by atoms with Crippen LogP contribution >= 0.6 is 35.0 Å². The van der Waals surface area contributed by atoms with Crippen molar-refractivity contribution in [3.05, 3.63) is 46.7 Å². The molecule has 2 heterocycles. The Morgan fingerprint density at radius 3 is 2.77 bits per heavy atom. The highest BCUT2D eigenvalue weighted by Gasteiger charge is 2.12. The molecule has 2 aromatic heterocycles. The Hall–Kier alpha value is -1.83. The first-order valence-corrected chi connectivity index (χ1v) is 7.92. The third-order valence-electron chi connectivity index (χ3n) is 2.66. The summed E-state index contributed by atoms with van der Waals surface area (Å²) in [5.74, 6) is 0.379. The van der Waals surface area contributed by atoms with Gasteiger partial charge in [0.05, 0.1) is 21.5 Å². The lowest BCUT2D eigenvalue weighted by molar-refractivity contribution is -0.113. The van der Waals surface area contributed by atoms with Gasteiger partial charge in [-0.3, -0.25) is 4.79 Å². The van der Waals surface area contributed by atoms with Gasteiger partial charge >= 0.3 is 0 Å². The van der Waals surface area contributed by atoms with Crippen molar-refractivity contribution in [2.75, 3.05) is 11.1 Å². The van der Waals surface area contributed by atoms with E-state index in [2.05, 4.69) is 20.4 Å². The number of benzene rings is 1. The topological polar surface area (TPSA) is 72.2 Å². The Labute approximate surface area is 139 Å². The first kappa shape index (κ1) is 15.1. The summed E-state index contributed by atoms with van der Waals surface area (Å²) < 4.78 is 1.55. The molecule has 0 aliphatic heterocycles. The van der Waals surface area contributed by atoms with E-state index in [0.29, 0.717) is 26.7 Å². The Morgan fingerprint density at radius 2 is 2.05 bits per heavy atom. The molecule has 0 aliphatic carbocycles. The molecule has 6 nitrogen and oxygen atoms in total. The van der Waals surface area contributed by atoms with Crippen LogP contribution in [0.5, 0.6) is 0 Å². The quantitative estimate of drug-likeness (QED) is 0.729. The van der Waals surface area contributed by atoms with Crippen LogP contribution in [0.25, 0.3) is 5.78 Å². The zero-order valence-electron chi connectivity index (χ0n) is 11.0. The zero-order chi connectivity index (χ0) is 15.5. The Balaban J connectivity index is 1.65. The molecule has 1 amide bonds. The monoisotopic (exact) mass is 353 g/mol. The normalized spacial score (nSPS) is 10.8. The predicted octanol–water partition coefficient (Wildman–Crippen LogP) is 3.16. The van der Waals surface area contributed by atoms with Gasteiger partial charge in [0, 0.05) is 12.4 Å². The fourth-order valence-corrected chi connectivity index (χ4v) is 2.81. The van der Waals surface area contributed by atoms with Crippen LogP contribution in [0.15, 0.2) is 41.8 Å². The van der Waals surface area contributed by atoms with Crippen molar-refractivity contribution in [1.82, 2.24) is 19.6 Å². The van der Waals surface area contributed by atoms with Crippen LogP contribution in [0.2, 0.25) is 10.0 Å². The van der Waals surface area contributed by atoms with Gasteiger partial charge in [-0.1, -0.05) is 41.0 Å². The molecule has 112 valence electrons. The molecule has 1 aromatic carbocycles. The van der Waals surface area contributed by atoms with Crippen LogP contribution in [-0.4, -0.2) is 31.2 Å². The summed E-state index contributed by atoms with van der Waals surface area (Å²) in [6, 6.07) is 6.78. The molecule has 0 atom stereocenters. The summed E-state index contributed by atoms with van der Waals surface area (Å²) in [6.45, 7) is 0. The van der Waals surface area contributed by atoms with Crippen molar-refractivity contribution >= 4 is 52.3 Å². The number of nitrogens with zero attached hydrogens (tertiary/aromatic N) is 4. The molecule has 0 saturated carbocycles. The SMILES string of the molecule is O=C(CSc1nc2ncccn2n1)Nc1c(Cl)cccc1Cl. The van der Waals surface area contributed by atoms with Crippen LogP contribution < -0.4 is 5.32 Å². The summed E-state index contributed by atoms with van der Waals surface area (Å²) in [5, 5.41) is 8.13. The van der Waals surface area contributed by atoms with Crippen molar-refractivity contribution in [1.29, 1.82) is 0 Å². The number of amides is 1. The number of hydrogen-bond acceptors (Lipinski definition) is 5. The number of fused-ring (bicyclic) bond motifs is 1. The highest BCUT2D eigenvalue weighted by molar-refractivity contribution is 7.99. The number of thioether (sulfide) groups is 1. The third-order valence-corrected chi connectivity index (χ3v) is 4.12. The molecule has 3 aromatic rings. The van der Waals surface area contributed by atoms with Gasteiger partial charge in [-0.25, -0.2) is 9.50 Å². The zero-order valence-corrected chi connectivity index (χ0v) is 13.4. The predicted molar refractivity (Wildman–Crippen MR) is 86.6 cm³/mol. The maximum absolute atomic E-state index is 12.0. The van der Waals surface area contributed by atoms with E-state index < -0.39 is 0 Å². The minimum Gasteiger partial charge on any atom is -0.323 e. The molecule has 0 spiro atoms. The van der Waals surface area contributed by atoms with Crippen molar-refractivity contribution in [2.45, 2.75) is 5.16 Å². The van der Waals surface area contributed by atoms with Gasteiger partial charge < -0.3 is 5.32 Å². The molecule has 0 aliphatic rings. The lowest BCUT2D eigenvalue weighted by Crippen LogP contribution is -2.14. The van der Waals surface area contributed by atoms with E-state index >= 15 is 0 Å². The summed E-state index contributed by atoms with van der Waals surface area (Å²) in [7, 11) is 0. The van der Waals surface area contributed by atoms with Crippen molar-refractivity contribution in [2.24, 2.45) is 0 Å². The number of anilines is 1. The molecular formula is C13H9Cl2N5OS. The minimum atomic E-state index is -0.244. The van der Waals surface area contributed by atoms with E-state index in [4.69, 9.17) is 23.2 Å². The number of carbonyl (C=O) groups excluding carboxylic acids is 1. The first-order valence-electron chi connectivity index (χ1n) is 6.17. The fraction of sp³-hybridized carbons (Fsp3) is 0.0769. The van der Waals surface area contributed by atoms with Crippen LogP contribution in [0.4, 0.5) is 5.69 Å². The van der Waals surface area contributed by atoms with E-state index in [1.165, 1.54) is 11.8 Å². The van der Waals surface area contributed by atoms with E-state index in [9.17, 15) is 4.79 Å². The van der Waals surface area contributed by atoms with Crippen LogP contribution in [0.3, 0.4) is 0 Å². The number of carbonyl (C=O) groups is 1. The maximum atomic E-state index is 12.0. The number of aromatic nitrogens is 4. The molecular weight excluding hydrogens is 345 g/mol. The second-order valence-corrected chi connectivity index (χ2v) is 5.95. The van der Waals surface area contributed by atoms with E-state index in [1.807, 2.05) is 0 Å². The van der Waals surface area contributed by atoms with Gasteiger partial charge in [-0.15, -0.1) is 5.10 Å². The highest BCUT2D eigenvalue weighted by Crippen LogP contribution is 2.30. The number of rotatable bonds is 4. The van der Waals surface area contributed by atoms with Crippen molar-refractivity contribution in [3.63, 3.8) is 0 Å². The van der Waals surface area contributed by atoms with E-state index in [1.54, 1.807) is 41.2 Å². The molecule has 9 heteroatoms. The second kappa shape index (κ2) is 6.51. The number of hydrogen-bond donors (Lipinski definition) is 1. The summed E-state index contributed by atoms with van der Waals surface area (Å²) in [4.78, 5) is 20.2. The smallest absolute Gasteiger partial charge is 0.253 e. The number of para-hydroxylation sites is 1. The third kappa shape index (κ3) is 3.32. The van der Waals surface area contributed by atoms with Gasteiger partial charge in [0.25, 0.3) is 5.78 Å². The average Bonchev–Trinajstić information content (AvgIpc) is 2.92. The maximum Gasteiger partial charge on any atom is 0.253 e. The first-order chi connectivity index (χ1) is 10.6. The Bertz CT molecular complexity index is 785. The Morgan fingerprint density at radius 1 is 1.27 bits per heavy atom. The van der Waals surface area contributed by atoms with Crippen molar-refractivity contribution in [3.8, 4) is 0 Å². The molecule has 1 N–H and O–H groups in total. The van der Waals surface area contributed by atoms with Crippen LogP contribution in [0.1, 0.15) is 0 Å². The fourth-order valence-electron chi connectivity index (χ4n) is 1.70. The van der Waals surface area contributed by atoms with Gasteiger partial charge in [0.1, 0.15) is 0 Å². The number of nitrogens with one attached hydrogen (secondary N) is 1. The summed E-state index contributed by atoms with van der Waals surface area (Å²) >= 11 is 13.2. The van der Waals surface area contributed by atoms with Gasteiger partial charge in [0.15, 0.2) is 0 Å². The minimum absolute atomic E-state index is 0.137. The largest absolute Gasteiger partial charge is 0.323 e. The summed E-state index contributed by atoms with van der Waals surface area (Å²) in [5.41, 5.74) is 0.404. The van der Waals surface area contributed by atoms with Crippen molar-refractivity contribution < 1.29 is 4.79 Å². The molecule has 22 heavy (non-hydrogen) atoms. The molecule has 0 radical (unpaired) electrons. The standard InChI is InChI=1S/C13H9Cl2N5OS/c14-8-3-1-4-9(15)11(8)17-10(21)7-22-13-18-12-16-5-2-6-20(12)19-13/h1-6H,7H2,(H,17,21). The molecule has 0 fully saturated rings. The lowest BCUT2D eigenvalue weighted by atomic mass is 10.3. The van der Waals surface area contributed by atoms with E-state index in [0.717, 1.165) is 0 Å². The summed E-state index contributed by atoms with van der Waals surface area (Å²) in [6.07, 6.45) is 3.37.